The lowest BCUT2D eigenvalue weighted by Crippen LogP contribution is -2.48. The van der Waals surface area contributed by atoms with Gasteiger partial charge in [-0.1, -0.05) is 17.7 Å². The van der Waals surface area contributed by atoms with Crippen molar-refractivity contribution in [3.63, 3.8) is 0 Å². The van der Waals surface area contributed by atoms with Crippen molar-refractivity contribution >= 4 is 29.4 Å². The number of fused-ring (bicyclic) bond motifs is 2. The molecule has 1 aromatic rings. The molecule has 4 amide bonds. The number of hydrogen-bond acceptors (Lipinski definition) is 3. The van der Waals surface area contributed by atoms with Crippen molar-refractivity contribution in [3.8, 4) is 0 Å². The summed E-state index contributed by atoms with van der Waals surface area (Å²) < 4.78 is 0. The molecule has 2 aliphatic rings. The third-order valence-electron chi connectivity index (χ3n) is 4.29. The van der Waals surface area contributed by atoms with Gasteiger partial charge in [-0.25, -0.2) is 4.79 Å². The number of imide groups is 1. The average Bonchev–Trinajstić information content (AvgIpc) is 2.91. The molecule has 1 aromatic carbocycles. The SMILES string of the molecule is CC(C)(C)NC(=O)CN1C(=O)N[C@]2(CCc3cc(Cl)ccc32)C1=O. The third kappa shape index (κ3) is 2.75. The Balaban J connectivity index is 1.85. The van der Waals surface area contributed by atoms with Crippen LogP contribution >= 0.6 is 11.6 Å². The molecule has 2 N–H and O–H groups in total. The number of rotatable bonds is 2. The quantitative estimate of drug-likeness (QED) is 0.801. The minimum Gasteiger partial charge on any atom is -0.350 e. The number of halogens is 1. The van der Waals surface area contributed by atoms with Crippen molar-refractivity contribution in [2.45, 2.75) is 44.7 Å². The van der Waals surface area contributed by atoms with Crippen LogP contribution in [0.1, 0.15) is 38.3 Å². The fourth-order valence-electron chi connectivity index (χ4n) is 3.37. The highest BCUT2D eigenvalue weighted by molar-refractivity contribution is 6.30. The smallest absolute Gasteiger partial charge is 0.325 e. The van der Waals surface area contributed by atoms with Gasteiger partial charge < -0.3 is 10.6 Å². The summed E-state index contributed by atoms with van der Waals surface area (Å²) in [5, 5.41) is 6.15. The van der Waals surface area contributed by atoms with Crippen molar-refractivity contribution in [1.82, 2.24) is 15.5 Å². The number of carbonyl (C=O) groups excluding carboxylic acids is 3. The maximum Gasteiger partial charge on any atom is 0.325 e. The molecule has 1 spiro atoms. The number of amides is 4. The van der Waals surface area contributed by atoms with Crippen LogP contribution in [0.3, 0.4) is 0 Å². The Morgan fingerprint density at radius 2 is 2.08 bits per heavy atom. The first-order valence-electron chi connectivity index (χ1n) is 7.86. The highest BCUT2D eigenvalue weighted by Gasteiger charge is 2.55. The van der Waals surface area contributed by atoms with Gasteiger partial charge in [-0.15, -0.1) is 0 Å². The number of aryl methyl sites for hydroxylation is 1. The van der Waals surface area contributed by atoms with Crippen LogP contribution in [0.4, 0.5) is 4.79 Å². The summed E-state index contributed by atoms with van der Waals surface area (Å²) in [5.41, 5.74) is 0.227. The van der Waals surface area contributed by atoms with Gasteiger partial charge in [0.1, 0.15) is 12.1 Å². The van der Waals surface area contributed by atoms with E-state index in [0.29, 0.717) is 17.9 Å². The van der Waals surface area contributed by atoms with E-state index in [9.17, 15) is 14.4 Å². The topological polar surface area (TPSA) is 78.5 Å². The predicted octanol–water partition coefficient (Wildman–Crippen LogP) is 1.95. The molecule has 0 unspecified atom stereocenters. The molecule has 128 valence electrons. The number of nitrogens with one attached hydrogen (secondary N) is 2. The summed E-state index contributed by atoms with van der Waals surface area (Å²) in [4.78, 5) is 38.3. The van der Waals surface area contributed by atoms with Gasteiger partial charge in [-0.05, 0) is 56.9 Å². The molecule has 1 atom stereocenters. The molecule has 0 bridgehead atoms. The lowest BCUT2D eigenvalue weighted by molar-refractivity contribution is -0.135. The Bertz CT molecular complexity index is 741. The van der Waals surface area contributed by atoms with Crippen molar-refractivity contribution in [3.05, 3.63) is 34.3 Å². The van der Waals surface area contributed by atoms with Gasteiger partial charge in [0.2, 0.25) is 5.91 Å². The van der Waals surface area contributed by atoms with E-state index in [4.69, 9.17) is 11.6 Å². The second kappa shape index (κ2) is 5.48. The standard InChI is InChI=1S/C17H20ClN3O3/c1-16(2,3)19-13(22)9-21-14(23)17(20-15(21)24)7-6-10-8-11(18)4-5-12(10)17/h4-5,8H,6-7,9H2,1-3H3,(H,19,22)(H,20,24)/t17-/m0/s1. The van der Waals surface area contributed by atoms with Crippen molar-refractivity contribution < 1.29 is 14.4 Å². The molecule has 1 aliphatic heterocycles. The van der Waals surface area contributed by atoms with E-state index < -0.39 is 17.1 Å². The highest BCUT2D eigenvalue weighted by Crippen LogP contribution is 2.42. The molecule has 1 fully saturated rings. The Kier molecular flexibility index (Phi) is 3.83. The number of urea groups is 1. The second-order valence-electron chi connectivity index (χ2n) is 7.33. The summed E-state index contributed by atoms with van der Waals surface area (Å²) in [6.07, 6.45) is 1.13. The van der Waals surface area contributed by atoms with E-state index in [1.807, 2.05) is 26.8 Å². The molecule has 0 saturated carbocycles. The lowest BCUT2D eigenvalue weighted by Gasteiger charge is -2.24. The molecule has 6 nitrogen and oxygen atoms in total. The molecule has 0 aromatic heterocycles. The van der Waals surface area contributed by atoms with Crippen LogP contribution in [0.2, 0.25) is 5.02 Å². The number of carbonyl (C=O) groups is 3. The van der Waals surface area contributed by atoms with Gasteiger partial charge in [0.25, 0.3) is 5.91 Å². The van der Waals surface area contributed by atoms with Crippen LogP contribution in [-0.2, 0) is 21.5 Å². The zero-order chi connectivity index (χ0) is 17.7. The van der Waals surface area contributed by atoms with Crippen LogP contribution in [0.5, 0.6) is 0 Å². The first kappa shape index (κ1) is 16.8. The zero-order valence-electron chi connectivity index (χ0n) is 13.9. The second-order valence-corrected chi connectivity index (χ2v) is 7.76. The van der Waals surface area contributed by atoms with Crippen LogP contribution < -0.4 is 10.6 Å². The summed E-state index contributed by atoms with van der Waals surface area (Å²) in [5.74, 6) is -0.741. The minimum absolute atomic E-state index is 0.285. The zero-order valence-corrected chi connectivity index (χ0v) is 14.7. The molecule has 7 heteroatoms. The number of hydrogen-bond donors (Lipinski definition) is 2. The number of benzene rings is 1. The van der Waals surface area contributed by atoms with Gasteiger partial charge in [-0.3, -0.25) is 14.5 Å². The van der Waals surface area contributed by atoms with Gasteiger partial charge in [0, 0.05) is 10.6 Å². The Morgan fingerprint density at radius 3 is 2.75 bits per heavy atom. The van der Waals surface area contributed by atoms with Gasteiger partial charge >= 0.3 is 6.03 Å². The van der Waals surface area contributed by atoms with Gasteiger partial charge in [0.05, 0.1) is 0 Å². The van der Waals surface area contributed by atoms with E-state index in [0.717, 1.165) is 16.0 Å². The molecule has 1 saturated heterocycles. The van der Waals surface area contributed by atoms with Crippen LogP contribution in [0.15, 0.2) is 18.2 Å². The summed E-state index contributed by atoms with van der Waals surface area (Å²) in [6.45, 7) is 5.24. The molecule has 3 rings (SSSR count). The number of nitrogens with zero attached hydrogens (tertiary/aromatic N) is 1. The van der Waals surface area contributed by atoms with Crippen LogP contribution in [-0.4, -0.2) is 34.8 Å². The first-order chi connectivity index (χ1) is 11.1. The van der Waals surface area contributed by atoms with Crippen molar-refractivity contribution in [2.24, 2.45) is 0 Å². The van der Waals surface area contributed by atoms with Crippen molar-refractivity contribution in [2.75, 3.05) is 6.54 Å². The van der Waals surface area contributed by atoms with E-state index in [1.165, 1.54) is 0 Å². The monoisotopic (exact) mass is 349 g/mol. The fourth-order valence-corrected chi connectivity index (χ4v) is 3.56. The average molecular weight is 350 g/mol. The minimum atomic E-state index is -1.07. The van der Waals surface area contributed by atoms with Gasteiger partial charge in [0.15, 0.2) is 0 Å². The van der Waals surface area contributed by atoms with E-state index in [1.54, 1.807) is 12.1 Å². The molecule has 0 radical (unpaired) electrons. The van der Waals surface area contributed by atoms with Gasteiger partial charge in [-0.2, -0.15) is 0 Å². The maximum atomic E-state index is 12.9. The summed E-state index contributed by atoms with van der Waals surface area (Å²) >= 11 is 6.01. The molecule has 1 heterocycles. The first-order valence-corrected chi connectivity index (χ1v) is 8.24. The largest absolute Gasteiger partial charge is 0.350 e. The van der Waals surface area contributed by atoms with E-state index in [2.05, 4.69) is 10.6 Å². The highest BCUT2D eigenvalue weighted by atomic mass is 35.5. The Morgan fingerprint density at radius 1 is 1.38 bits per heavy atom. The van der Waals surface area contributed by atoms with E-state index in [-0.39, 0.29) is 18.4 Å². The maximum absolute atomic E-state index is 12.9. The van der Waals surface area contributed by atoms with Crippen LogP contribution in [0, 0.1) is 0 Å². The normalized spacial score (nSPS) is 22.8. The molecule has 24 heavy (non-hydrogen) atoms. The van der Waals surface area contributed by atoms with Crippen LogP contribution in [0.25, 0.3) is 0 Å². The predicted molar refractivity (Wildman–Crippen MR) is 89.6 cm³/mol. The molecular weight excluding hydrogens is 330 g/mol. The third-order valence-corrected chi connectivity index (χ3v) is 4.52. The van der Waals surface area contributed by atoms with Crippen molar-refractivity contribution in [1.29, 1.82) is 0 Å². The molecule has 1 aliphatic carbocycles. The summed E-state index contributed by atoms with van der Waals surface area (Å²) in [6, 6.07) is 4.77. The lowest BCUT2D eigenvalue weighted by atomic mass is 9.92. The fraction of sp³-hybridized carbons (Fsp3) is 0.471. The molecular formula is C17H20ClN3O3. The Labute approximate surface area is 145 Å². The summed E-state index contributed by atoms with van der Waals surface area (Å²) in [7, 11) is 0. The Hall–Kier alpha value is -2.08. The van der Waals surface area contributed by atoms with E-state index >= 15 is 0 Å².